The molecule has 0 spiro atoms. The number of guanidine groups is 1. The minimum atomic E-state index is -5.24. The maximum Gasteiger partial charge on any atom is 0.511 e. The molecular formula is C17H34F3IN6O2S. The Hall–Kier alpha value is -0.380. The molecule has 2 fully saturated rings. The third-order valence-electron chi connectivity index (χ3n) is 5.27. The Morgan fingerprint density at radius 3 is 2.37 bits per heavy atom. The zero-order chi connectivity index (χ0) is 21.5. The minimum Gasteiger partial charge on any atom is -0.357 e. The molecule has 13 heteroatoms. The van der Waals surface area contributed by atoms with E-state index in [1.165, 1.54) is 0 Å². The summed E-state index contributed by atoms with van der Waals surface area (Å²) < 4.78 is 61.6. The molecule has 2 aliphatic heterocycles. The number of likely N-dealkylation sites (N-methyl/N-ethyl adjacent to an activating group) is 1. The number of rotatable bonds is 6. The molecule has 0 aliphatic carbocycles. The summed E-state index contributed by atoms with van der Waals surface area (Å²) in [5, 5.41) is 6.39. The van der Waals surface area contributed by atoms with Crippen molar-refractivity contribution in [3.8, 4) is 0 Å². The molecule has 2 aliphatic rings. The van der Waals surface area contributed by atoms with Crippen LogP contribution < -0.4 is 10.6 Å². The Kier molecular flexibility index (Phi) is 11.6. The van der Waals surface area contributed by atoms with Crippen molar-refractivity contribution in [1.82, 2.24) is 24.7 Å². The van der Waals surface area contributed by atoms with Gasteiger partial charge in [0.25, 0.3) is 0 Å². The van der Waals surface area contributed by atoms with Gasteiger partial charge in [0.05, 0.1) is 6.54 Å². The lowest BCUT2D eigenvalue weighted by Gasteiger charge is -2.32. The second-order valence-electron chi connectivity index (χ2n) is 7.53. The van der Waals surface area contributed by atoms with E-state index in [-0.39, 0.29) is 43.1 Å². The summed E-state index contributed by atoms with van der Waals surface area (Å²) >= 11 is 0. The highest BCUT2D eigenvalue weighted by Crippen LogP contribution is 2.28. The van der Waals surface area contributed by atoms with Crippen LogP contribution in [0.25, 0.3) is 0 Å². The van der Waals surface area contributed by atoms with Crippen LogP contribution in [0.4, 0.5) is 13.2 Å². The van der Waals surface area contributed by atoms with E-state index in [0.717, 1.165) is 39.1 Å². The Bertz CT molecular complexity index is 642. The minimum absolute atomic E-state index is 0. The predicted molar refractivity (Wildman–Crippen MR) is 123 cm³/mol. The first-order valence-corrected chi connectivity index (χ1v) is 11.6. The number of alkyl halides is 3. The smallest absolute Gasteiger partial charge is 0.357 e. The maximum absolute atomic E-state index is 12.7. The van der Waals surface area contributed by atoms with Crippen molar-refractivity contribution in [1.29, 1.82) is 0 Å². The molecule has 178 valence electrons. The van der Waals surface area contributed by atoms with Crippen molar-refractivity contribution in [2.45, 2.75) is 37.7 Å². The number of nitrogens with zero attached hydrogens (tertiary/aromatic N) is 4. The fraction of sp³-hybridized carbons (Fsp3) is 0.941. The van der Waals surface area contributed by atoms with E-state index in [4.69, 9.17) is 0 Å². The van der Waals surface area contributed by atoms with Gasteiger partial charge in [-0.2, -0.15) is 17.5 Å². The van der Waals surface area contributed by atoms with E-state index in [1.54, 1.807) is 0 Å². The van der Waals surface area contributed by atoms with Crippen LogP contribution in [0.3, 0.4) is 0 Å². The van der Waals surface area contributed by atoms with E-state index in [0.29, 0.717) is 36.2 Å². The van der Waals surface area contributed by atoms with Crippen LogP contribution in [-0.4, -0.2) is 106 Å². The monoisotopic (exact) mass is 570 g/mol. The number of sulfonamides is 1. The molecule has 2 N–H and O–H groups in total. The quantitative estimate of drug-likeness (QED) is 0.283. The van der Waals surface area contributed by atoms with E-state index in [9.17, 15) is 21.6 Å². The van der Waals surface area contributed by atoms with E-state index < -0.39 is 15.5 Å². The van der Waals surface area contributed by atoms with Gasteiger partial charge in [-0.05, 0) is 46.3 Å². The van der Waals surface area contributed by atoms with Gasteiger partial charge in [-0.1, -0.05) is 0 Å². The third kappa shape index (κ3) is 8.28. The van der Waals surface area contributed by atoms with Crippen LogP contribution in [-0.2, 0) is 10.0 Å². The largest absolute Gasteiger partial charge is 0.511 e. The van der Waals surface area contributed by atoms with Crippen molar-refractivity contribution >= 4 is 40.0 Å². The Balaban J connectivity index is 0.00000450. The molecule has 2 heterocycles. The standard InChI is InChI=1S/C17H33F3N6O2S.HI/c1-3-21-16(22-7-12-25-9-4-8-24(2)13-14-25)23-15-5-10-26(11-6-15)29(27,28)17(18,19)20;/h15H,3-14H2,1-2H3,(H2,21,22,23);1H. The number of piperidine rings is 1. The van der Waals surface area contributed by atoms with Crippen LogP contribution in [0.5, 0.6) is 0 Å². The predicted octanol–water partition coefficient (Wildman–Crippen LogP) is 1.11. The molecule has 0 unspecified atom stereocenters. The van der Waals surface area contributed by atoms with E-state index >= 15 is 0 Å². The van der Waals surface area contributed by atoms with Crippen LogP contribution >= 0.6 is 24.0 Å². The molecule has 2 rings (SSSR count). The molecule has 0 amide bonds. The second-order valence-corrected chi connectivity index (χ2v) is 9.46. The molecule has 2 saturated heterocycles. The molecule has 0 aromatic heterocycles. The first-order chi connectivity index (χ1) is 13.6. The summed E-state index contributed by atoms with van der Waals surface area (Å²) in [6, 6.07) is -0.112. The summed E-state index contributed by atoms with van der Waals surface area (Å²) in [5.41, 5.74) is -5.24. The van der Waals surface area contributed by atoms with Crippen LogP contribution in [0.1, 0.15) is 26.2 Å². The van der Waals surface area contributed by atoms with Crippen LogP contribution in [0.15, 0.2) is 4.99 Å². The maximum atomic E-state index is 12.7. The fourth-order valence-electron chi connectivity index (χ4n) is 3.53. The molecule has 0 aromatic rings. The fourth-order valence-corrected chi connectivity index (χ4v) is 4.51. The molecule has 30 heavy (non-hydrogen) atoms. The number of hydrogen-bond acceptors (Lipinski definition) is 5. The van der Waals surface area contributed by atoms with Crippen molar-refractivity contribution in [2.24, 2.45) is 4.99 Å². The lowest BCUT2D eigenvalue weighted by atomic mass is 10.1. The lowest BCUT2D eigenvalue weighted by Crippen LogP contribution is -2.51. The Labute approximate surface area is 194 Å². The van der Waals surface area contributed by atoms with E-state index in [1.807, 2.05) is 6.92 Å². The highest BCUT2D eigenvalue weighted by atomic mass is 127. The van der Waals surface area contributed by atoms with Gasteiger partial charge in [0.2, 0.25) is 0 Å². The SMILES string of the molecule is CCNC(=NCCN1CCCN(C)CC1)NC1CCN(S(=O)(=O)C(F)(F)F)CC1.I. The van der Waals surface area contributed by atoms with Crippen molar-refractivity contribution in [3.05, 3.63) is 0 Å². The first-order valence-electron chi connectivity index (χ1n) is 10.2. The van der Waals surface area contributed by atoms with Gasteiger partial charge in [0.1, 0.15) is 0 Å². The highest BCUT2D eigenvalue weighted by molar-refractivity contribution is 14.0. The average Bonchev–Trinajstić information content (AvgIpc) is 2.86. The van der Waals surface area contributed by atoms with Gasteiger partial charge in [-0.15, -0.1) is 24.0 Å². The van der Waals surface area contributed by atoms with Crippen LogP contribution in [0.2, 0.25) is 0 Å². The summed E-state index contributed by atoms with van der Waals surface area (Å²) in [6.07, 6.45) is 1.74. The molecule has 0 aromatic carbocycles. The number of aliphatic imine (C=N–C) groups is 1. The topological polar surface area (TPSA) is 80.3 Å². The molecule has 0 atom stereocenters. The number of halogens is 4. The van der Waals surface area contributed by atoms with E-state index in [2.05, 4.69) is 32.5 Å². The first kappa shape index (κ1) is 27.7. The zero-order valence-electron chi connectivity index (χ0n) is 17.6. The Morgan fingerprint density at radius 2 is 1.77 bits per heavy atom. The molecule has 0 radical (unpaired) electrons. The van der Waals surface area contributed by atoms with Gasteiger partial charge in [-0.25, -0.2) is 8.42 Å². The molecule has 0 bridgehead atoms. The highest BCUT2D eigenvalue weighted by Gasteiger charge is 2.50. The summed E-state index contributed by atoms with van der Waals surface area (Å²) in [7, 11) is -3.12. The lowest BCUT2D eigenvalue weighted by molar-refractivity contribution is -0.0494. The van der Waals surface area contributed by atoms with Gasteiger partial charge >= 0.3 is 15.5 Å². The van der Waals surface area contributed by atoms with Crippen molar-refractivity contribution in [2.75, 3.05) is 66.0 Å². The van der Waals surface area contributed by atoms with Crippen molar-refractivity contribution in [3.63, 3.8) is 0 Å². The number of nitrogens with one attached hydrogen (secondary N) is 2. The van der Waals surface area contributed by atoms with Gasteiger partial charge in [0.15, 0.2) is 5.96 Å². The van der Waals surface area contributed by atoms with Crippen molar-refractivity contribution < 1.29 is 21.6 Å². The molecular weight excluding hydrogens is 536 g/mol. The normalized spacial score (nSPS) is 21.7. The van der Waals surface area contributed by atoms with Gasteiger partial charge in [0, 0.05) is 45.3 Å². The van der Waals surface area contributed by atoms with Gasteiger partial charge in [-0.3, -0.25) is 4.99 Å². The Morgan fingerprint density at radius 1 is 1.10 bits per heavy atom. The number of hydrogen-bond donors (Lipinski definition) is 2. The molecule has 8 nitrogen and oxygen atoms in total. The average molecular weight is 570 g/mol. The molecule has 0 saturated carbocycles. The summed E-state index contributed by atoms with van der Waals surface area (Å²) in [5.74, 6) is 0.622. The van der Waals surface area contributed by atoms with Crippen LogP contribution in [0, 0.1) is 0 Å². The summed E-state index contributed by atoms with van der Waals surface area (Å²) in [4.78, 5) is 9.29. The van der Waals surface area contributed by atoms with Gasteiger partial charge < -0.3 is 20.4 Å². The third-order valence-corrected chi connectivity index (χ3v) is 6.90. The zero-order valence-corrected chi connectivity index (χ0v) is 20.8. The second kappa shape index (κ2) is 12.6. The summed E-state index contributed by atoms with van der Waals surface area (Å²) in [6.45, 7) is 8.00.